The maximum Gasteiger partial charge on any atom is 0.335 e. The molecule has 5 heteroatoms. The van der Waals surface area contributed by atoms with Crippen LogP contribution in [-0.4, -0.2) is 17.0 Å². The maximum atomic E-state index is 11.0. The van der Waals surface area contributed by atoms with Crippen LogP contribution in [0.3, 0.4) is 0 Å². The van der Waals surface area contributed by atoms with Crippen LogP contribution in [0.15, 0.2) is 24.8 Å². The molecular formula is C13H17NO4. The number of anilines is 1. The lowest BCUT2D eigenvalue weighted by atomic mass is 10.1. The van der Waals surface area contributed by atoms with Crippen molar-refractivity contribution in [3.63, 3.8) is 0 Å². The third kappa shape index (κ3) is 5.16. The number of benzene rings is 1. The van der Waals surface area contributed by atoms with Crippen molar-refractivity contribution >= 4 is 17.6 Å². The molecule has 0 aromatic heterocycles. The standard InChI is InChI=1S/C11H13NO2.C2H4O2/c1-4-10(13)14-11-7(2)5-6-9(12)8(11)3;1-2(3)4/h4-6H,1,12H2,2-3H3;1H3,(H,3,4). The molecule has 0 saturated carbocycles. The largest absolute Gasteiger partial charge is 0.481 e. The Hall–Kier alpha value is -2.30. The van der Waals surface area contributed by atoms with E-state index >= 15 is 0 Å². The van der Waals surface area contributed by atoms with Gasteiger partial charge in [0.15, 0.2) is 0 Å². The minimum Gasteiger partial charge on any atom is -0.481 e. The van der Waals surface area contributed by atoms with Crippen molar-refractivity contribution in [1.29, 1.82) is 0 Å². The van der Waals surface area contributed by atoms with Crippen LogP contribution in [0.2, 0.25) is 0 Å². The van der Waals surface area contributed by atoms with Gasteiger partial charge in [0.05, 0.1) is 0 Å². The molecule has 0 atom stereocenters. The van der Waals surface area contributed by atoms with Gasteiger partial charge in [-0.15, -0.1) is 0 Å². The Morgan fingerprint density at radius 2 is 1.89 bits per heavy atom. The minimum atomic E-state index is -0.833. The van der Waals surface area contributed by atoms with Crippen molar-refractivity contribution in [3.8, 4) is 5.75 Å². The summed E-state index contributed by atoms with van der Waals surface area (Å²) >= 11 is 0. The number of carbonyl (C=O) groups is 2. The molecule has 5 nitrogen and oxygen atoms in total. The fourth-order valence-corrected chi connectivity index (χ4v) is 1.14. The topological polar surface area (TPSA) is 89.6 Å². The van der Waals surface area contributed by atoms with Crippen LogP contribution in [0, 0.1) is 13.8 Å². The Bertz CT molecular complexity index is 462. The first-order chi connectivity index (χ1) is 8.29. The normalized spacial score (nSPS) is 8.83. The molecule has 1 aromatic carbocycles. The van der Waals surface area contributed by atoms with Gasteiger partial charge in [-0.1, -0.05) is 12.6 Å². The summed E-state index contributed by atoms with van der Waals surface area (Å²) < 4.78 is 5.07. The van der Waals surface area contributed by atoms with E-state index in [1.54, 1.807) is 6.07 Å². The van der Waals surface area contributed by atoms with Crippen molar-refractivity contribution in [3.05, 3.63) is 35.9 Å². The van der Waals surface area contributed by atoms with Crippen LogP contribution in [0.5, 0.6) is 5.75 Å². The van der Waals surface area contributed by atoms with E-state index < -0.39 is 11.9 Å². The Morgan fingerprint density at radius 1 is 1.39 bits per heavy atom. The fourth-order valence-electron chi connectivity index (χ4n) is 1.14. The number of hydrogen-bond acceptors (Lipinski definition) is 4. The van der Waals surface area contributed by atoms with Gasteiger partial charge in [0.25, 0.3) is 5.97 Å². The molecule has 0 saturated heterocycles. The molecule has 0 heterocycles. The average Bonchev–Trinajstić information content (AvgIpc) is 2.28. The fraction of sp³-hybridized carbons (Fsp3) is 0.231. The molecule has 0 bridgehead atoms. The van der Waals surface area contributed by atoms with Gasteiger partial charge in [0.2, 0.25) is 0 Å². The van der Waals surface area contributed by atoms with Crippen LogP contribution in [0.4, 0.5) is 5.69 Å². The van der Waals surface area contributed by atoms with Gasteiger partial charge in [-0.25, -0.2) is 4.79 Å². The number of nitrogen functional groups attached to an aromatic ring is 1. The molecule has 0 spiro atoms. The lowest BCUT2D eigenvalue weighted by Gasteiger charge is -2.10. The molecule has 0 radical (unpaired) electrons. The van der Waals surface area contributed by atoms with Gasteiger partial charge in [0.1, 0.15) is 5.75 Å². The first kappa shape index (κ1) is 15.7. The summed E-state index contributed by atoms with van der Waals surface area (Å²) in [6.45, 7) is 8.09. The third-order valence-corrected chi connectivity index (χ3v) is 2.01. The number of rotatable bonds is 2. The molecule has 1 rings (SSSR count). The highest BCUT2D eigenvalue weighted by molar-refractivity contribution is 5.84. The van der Waals surface area contributed by atoms with Crippen molar-refractivity contribution in [2.45, 2.75) is 20.8 Å². The highest BCUT2D eigenvalue weighted by Gasteiger charge is 2.09. The van der Waals surface area contributed by atoms with E-state index in [-0.39, 0.29) is 0 Å². The van der Waals surface area contributed by atoms with Gasteiger partial charge in [-0.2, -0.15) is 0 Å². The van der Waals surface area contributed by atoms with Crippen LogP contribution in [0.25, 0.3) is 0 Å². The monoisotopic (exact) mass is 251 g/mol. The molecule has 0 amide bonds. The van der Waals surface area contributed by atoms with Crippen molar-refractivity contribution in [1.82, 2.24) is 0 Å². The van der Waals surface area contributed by atoms with Crippen molar-refractivity contribution in [2.24, 2.45) is 0 Å². The second-order valence-corrected chi connectivity index (χ2v) is 3.57. The first-order valence-corrected chi connectivity index (χ1v) is 5.19. The summed E-state index contributed by atoms with van der Waals surface area (Å²) in [5.74, 6) is -0.781. The summed E-state index contributed by atoms with van der Waals surface area (Å²) in [4.78, 5) is 20.0. The highest BCUT2D eigenvalue weighted by Crippen LogP contribution is 2.27. The van der Waals surface area contributed by atoms with Gasteiger partial charge >= 0.3 is 5.97 Å². The lowest BCUT2D eigenvalue weighted by molar-refractivity contribution is -0.134. The number of carboxylic acid groups (broad SMARTS) is 1. The zero-order valence-electron chi connectivity index (χ0n) is 10.7. The third-order valence-electron chi connectivity index (χ3n) is 2.01. The molecule has 0 aliphatic rings. The predicted molar refractivity (Wildman–Crippen MR) is 69.5 cm³/mol. The number of esters is 1. The number of aryl methyl sites for hydroxylation is 1. The number of nitrogens with two attached hydrogens (primary N) is 1. The minimum absolute atomic E-state index is 0.471. The molecule has 1 aromatic rings. The summed E-state index contributed by atoms with van der Waals surface area (Å²) in [7, 11) is 0. The smallest absolute Gasteiger partial charge is 0.335 e. The molecule has 0 aliphatic carbocycles. The molecular weight excluding hydrogens is 234 g/mol. The van der Waals surface area contributed by atoms with Gasteiger partial charge < -0.3 is 15.6 Å². The van der Waals surface area contributed by atoms with Crippen molar-refractivity contribution in [2.75, 3.05) is 5.73 Å². The summed E-state index contributed by atoms with van der Waals surface area (Å²) in [6, 6.07) is 3.60. The van der Waals surface area contributed by atoms with Crippen LogP contribution in [0.1, 0.15) is 18.1 Å². The quantitative estimate of drug-likeness (QED) is 0.363. The molecule has 0 aliphatic heterocycles. The Morgan fingerprint density at radius 3 is 2.33 bits per heavy atom. The Labute approximate surface area is 106 Å². The highest BCUT2D eigenvalue weighted by atomic mass is 16.5. The zero-order valence-corrected chi connectivity index (χ0v) is 10.7. The Kier molecular flexibility index (Phi) is 6.20. The number of aliphatic carboxylic acids is 1. The van der Waals surface area contributed by atoms with E-state index in [2.05, 4.69) is 6.58 Å². The lowest BCUT2D eigenvalue weighted by Crippen LogP contribution is -2.06. The number of carboxylic acids is 1. The van der Waals surface area contributed by atoms with Gasteiger partial charge in [0, 0.05) is 24.3 Å². The van der Waals surface area contributed by atoms with E-state index in [1.807, 2.05) is 19.9 Å². The molecule has 0 unspecified atom stereocenters. The first-order valence-electron chi connectivity index (χ1n) is 5.19. The molecule has 18 heavy (non-hydrogen) atoms. The maximum absolute atomic E-state index is 11.0. The SMILES string of the molecule is C=CC(=O)Oc1c(C)ccc(N)c1C.CC(=O)O. The molecule has 98 valence electrons. The van der Waals surface area contributed by atoms with Crippen LogP contribution in [-0.2, 0) is 9.59 Å². The number of ether oxygens (including phenoxy) is 1. The average molecular weight is 251 g/mol. The number of carbonyl (C=O) groups excluding carboxylic acids is 1. The van der Waals surface area contributed by atoms with E-state index in [4.69, 9.17) is 20.4 Å². The zero-order chi connectivity index (χ0) is 14.3. The summed E-state index contributed by atoms with van der Waals surface area (Å²) in [5.41, 5.74) is 7.96. The van der Waals surface area contributed by atoms with Gasteiger partial charge in [-0.05, 0) is 25.5 Å². The second-order valence-electron chi connectivity index (χ2n) is 3.57. The number of hydrogen-bond donors (Lipinski definition) is 2. The van der Waals surface area contributed by atoms with Crippen molar-refractivity contribution < 1.29 is 19.4 Å². The van der Waals surface area contributed by atoms with Gasteiger partial charge in [-0.3, -0.25) is 4.79 Å². The van der Waals surface area contributed by atoms with E-state index in [1.165, 1.54) is 0 Å². The molecule has 3 N–H and O–H groups in total. The van der Waals surface area contributed by atoms with E-state index in [0.717, 1.165) is 24.1 Å². The summed E-state index contributed by atoms with van der Waals surface area (Å²) in [6.07, 6.45) is 1.13. The Balaban J connectivity index is 0.000000631. The molecule has 0 fully saturated rings. The van der Waals surface area contributed by atoms with E-state index in [9.17, 15) is 4.79 Å². The summed E-state index contributed by atoms with van der Waals surface area (Å²) in [5, 5.41) is 7.42. The predicted octanol–water partition coefficient (Wildman–Crippen LogP) is 2.07. The second kappa shape index (κ2) is 7.11. The van der Waals surface area contributed by atoms with Crippen LogP contribution >= 0.6 is 0 Å². The van der Waals surface area contributed by atoms with Crippen LogP contribution < -0.4 is 10.5 Å². The van der Waals surface area contributed by atoms with E-state index in [0.29, 0.717) is 11.4 Å².